The molecule has 0 amide bonds. The van der Waals surface area contributed by atoms with Gasteiger partial charge in [-0.2, -0.15) is 0 Å². The Hall–Kier alpha value is -1.60. The second-order valence-corrected chi connectivity index (χ2v) is 4.38. The van der Waals surface area contributed by atoms with Crippen LogP contribution in [0.25, 0.3) is 11.1 Å². The van der Waals surface area contributed by atoms with Crippen molar-refractivity contribution in [2.75, 3.05) is 0 Å². The van der Waals surface area contributed by atoms with Crippen LogP contribution in [0.3, 0.4) is 0 Å². The Labute approximate surface area is 103 Å². The molecule has 0 radical (unpaired) electrons. The van der Waals surface area contributed by atoms with Gasteiger partial charge in [0, 0.05) is 6.04 Å². The first-order chi connectivity index (χ1) is 8.31. The zero-order chi connectivity index (χ0) is 12.1. The van der Waals surface area contributed by atoms with Crippen LogP contribution in [0.2, 0.25) is 0 Å². The Bertz CT molecular complexity index is 445. The summed E-state index contributed by atoms with van der Waals surface area (Å²) in [6, 6.07) is 19.2. The quantitative estimate of drug-likeness (QED) is 0.831. The van der Waals surface area contributed by atoms with Gasteiger partial charge in [-0.1, -0.05) is 67.9 Å². The lowest BCUT2D eigenvalue weighted by molar-refractivity contribution is 0.638. The molecule has 0 heterocycles. The molecule has 17 heavy (non-hydrogen) atoms. The Balaban J connectivity index is 2.19. The maximum Gasteiger partial charge on any atom is 0.0294 e. The molecule has 0 saturated carbocycles. The summed E-state index contributed by atoms with van der Waals surface area (Å²) >= 11 is 0. The maximum absolute atomic E-state index is 6.09. The molecule has 1 nitrogen and oxygen atoms in total. The fourth-order valence-electron chi connectivity index (χ4n) is 2.03. The second kappa shape index (κ2) is 5.65. The molecule has 2 aromatic rings. The predicted molar refractivity (Wildman–Crippen MR) is 73.7 cm³/mol. The Morgan fingerprint density at radius 2 is 1.47 bits per heavy atom. The molecule has 0 aromatic heterocycles. The molecular formula is C16H19N. The van der Waals surface area contributed by atoms with Crippen molar-refractivity contribution in [2.45, 2.75) is 25.8 Å². The lowest BCUT2D eigenvalue weighted by Crippen LogP contribution is -2.09. The summed E-state index contributed by atoms with van der Waals surface area (Å²) in [5, 5.41) is 0. The van der Waals surface area contributed by atoms with Crippen molar-refractivity contribution in [2.24, 2.45) is 5.73 Å². The van der Waals surface area contributed by atoms with Gasteiger partial charge >= 0.3 is 0 Å². The maximum atomic E-state index is 6.09. The molecule has 2 N–H and O–H groups in total. The molecule has 0 unspecified atom stereocenters. The van der Waals surface area contributed by atoms with E-state index in [1.165, 1.54) is 16.7 Å². The van der Waals surface area contributed by atoms with E-state index in [1.54, 1.807) is 0 Å². The van der Waals surface area contributed by atoms with Crippen molar-refractivity contribution < 1.29 is 0 Å². The van der Waals surface area contributed by atoms with Crippen LogP contribution >= 0.6 is 0 Å². The fourth-order valence-corrected chi connectivity index (χ4v) is 2.03. The van der Waals surface area contributed by atoms with Crippen LogP contribution in [-0.2, 0) is 0 Å². The van der Waals surface area contributed by atoms with Crippen LogP contribution < -0.4 is 5.73 Å². The zero-order valence-electron chi connectivity index (χ0n) is 10.3. The van der Waals surface area contributed by atoms with E-state index in [0.29, 0.717) is 0 Å². The molecule has 88 valence electrons. The first kappa shape index (κ1) is 11.9. The third-order valence-corrected chi connectivity index (χ3v) is 3.05. The predicted octanol–water partition coefficient (Wildman–Crippen LogP) is 4.15. The van der Waals surface area contributed by atoms with Crippen molar-refractivity contribution in [3.8, 4) is 11.1 Å². The summed E-state index contributed by atoms with van der Waals surface area (Å²) in [5.41, 5.74) is 9.82. The standard InChI is InChI=1S/C16H19N/c1-2-6-16(17)15-11-9-14(10-12-15)13-7-4-3-5-8-13/h3-5,7-12,16H,2,6,17H2,1H3/t16-/m1/s1. The third kappa shape index (κ3) is 2.95. The molecule has 0 aliphatic heterocycles. The minimum atomic E-state index is 0.171. The largest absolute Gasteiger partial charge is 0.324 e. The van der Waals surface area contributed by atoms with Crippen LogP contribution in [0.4, 0.5) is 0 Å². The summed E-state index contributed by atoms with van der Waals surface area (Å²) in [6.45, 7) is 2.16. The highest BCUT2D eigenvalue weighted by atomic mass is 14.6. The van der Waals surface area contributed by atoms with Gasteiger partial charge in [0.05, 0.1) is 0 Å². The smallest absolute Gasteiger partial charge is 0.0294 e. The average molecular weight is 225 g/mol. The molecule has 2 rings (SSSR count). The molecule has 0 aliphatic rings. The summed E-state index contributed by atoms with van der Waals surface area (Å²) < 4.78 is 0. The molecule has 1 heteroatoms. The number of hydrogen-bond donors (Lipinski definition) is 1. The minimum absolute atomic E-state index is 0.171. The van der Waals surface area contributed by atoms with E-state index in [9.17, 15) is 0 Å². The first-order valence-electron chi connectivity index (χ1n) is 6.22. The molecule has 0 fully saturated rings. The Kier molecular flexibility index (Phi) is 3.94. The molecule has 2 aromatic carbocycles. The molecule has 0 aliphatic carbocycles. The minimum Gasteiger partial charge on any atom is -0.324 e. The van der Waals surface area contributed by atoms with E-state index in [-0.39, 0.29) is 6.04 Å². The zero-order valence-corrected chi connectivity index (χ0v) is 10.3. The first-order valence-corrected chi connectivity index (χ1v) is 6.22. The Morgan fingerprint density at radius 1 is 0.882 bits per heavy atom. The van der Waals surface area contributed by atoms with Gasteiger partial charge < -0.3 is 5.73 Å². The van der Waals surface area contributed by atoms with Gasteiger partial charge in [0.15, 0.2) is 0 Å². The van der Waals surface area contributed by atoms with E-state index in [4.69, 9.17) is 5.73 Å². The van der Waals surface area contributed by atoms with E-state index in [0.717, 1.165) is 12.8 Å². The fraction of sp³-hybridized carbons (Fsp3) is 0.250. The van der Waals surface area contributed by atoms with Gasteiger partial charge in [0.1, 0.15) is 0 Å². The molecule has 1 atom stereocenters. The van der Waals surface area contributed by atoms with Gasteiger partial charge in [0.2, 0.25) is 0 Å². The second-order valence-electron chi connectivity index (χ2n) is 4.38. The summed E-state index contributed by atoms with van der Waals surface area (Å²) in [4.78, 5) is 0. The molecule has 0 saturated heterocycles. The normalized spacial score (nSPS) is 12.4. The lowest BCUT2D eigenvalue weighted by Gasteiger charge is -2.11. The van der Waals surface area contributed by atoms with Crippen molar-refractivity contribution >= 4 is 0 Å². The molecule has 0 spiro atoms. The summed E-state index contributed by atoms with van der Waals surface area (Å²) in [5.74, 6) is 0. The van der Waals surface area contributed by atoms with Crippen LogP contribution in [0.1, 0.15) is 31.4 Å². The summed E-state index contributed by atoms with van der Waals surface area (Å²) in [7, 11) is 0. The summed E-state index contributed by atoms with van der Waals surface area (Å²) in [6.07, 6.45) is 2.17. The highest BCUT2D eigenvalue weighted by molar-refractivity contribution is 5.63. The number of nitrogens with two attached hydrogens (primary N) is 1. The van der Waals surface area contributed by atoms with Crippen LogP contribution in [-0.4, -0.2) is 0 Å². The number of rotatable bonds is 4. The molecule has 0 bridgehead atoms. The molecular weight excluding hydrogens is 206 g/mol. The highest BCUT2D eigenvalue weighted by Crippen LogP contribution is 2.22. The van der Waals surface area contributed by atoms with Crippen molar-refractivity contribution in [1.82, 2.24) is 0 Å². The SMILES string of the molecule is CCC[C@@H](N)c1ccc(-c2ccccc2)cc1. The van der Waals surface area contributed by atoms with Gasteiger partial charge in [-0.25, -0.2) is 0 Å². The lowest BCUT2D eigenvalue weighted by atomic mass is 9.99. The van der Waals surface area contributed by atoms with E-state index >= 15 is 0 Å². The van der Waals surface area contributed by atoms with Gasteiger partial charge in [-0.15, -0.1) is 0 Å². The van der Waals surface area contributed by atoms with Crippen molar-refractivity contribution in [3.05, 3.63) is 60.2 Å². The van der Waals surface area contributed by atoms with Crippen LogP contribution in [0.15, 0.2) is 54.6 Å². The van der Waals surface area contributed by atoms with Crippen molar-refractivity contribution in [1.29, 1.82) is 0 Å². The monoisotopic (exact) mass is 225 g/mol. The van der Waals surface area contributed by atoms with E-state index in [1.807, 2.05) is 6.07 Å². The van der Waals surface area contributed by atoms with Crippen LogP contribution in [0.5, 0.6) is 0 Å². The van der Waals surface area contributed by atoms with Gasteiger partial charge in [0.25, 0.3) is 0 Å². The van der Waals surface area contributed by atoms with Crippen LogP contribution in [0, 0.1) is 0 Å². The third-order valence-electron chi connectivity index (χ3n) is 3.05. The Morgan fingerprint density at radius 3 is 2.06 bits per heavy atom. The average Bonchev–Trinajstić information content (AvgIpc) is 2.40. The topological polar surface area (TPSA) is 26.0 Å². The van der Waals surface area contributed by atoms with E-state index in [2.05, 4.69) is 55.5 Å². The number of hydrogen-bond acceptors (Lipinski definition) is 1. The van der Waals surface area contributed by atoms with Crippen molar-refractivity contribution in [3.63, 3.8) is 0 Å². The number of benzene rings is 2. The highest BCUT2D eigenvalue weighted by Gasteiger charge is 2.04. The van der Waals surface area contributed by atoms with Gasteiger partial charge in [-0.3, -0.25) is 0 Å². The van der Waals surface area contributed by atoms with Gasteiger partial charge in [-0.05, 0) is 23.1 Å². The van der Waals surface area contributed by atoms with E-state index < -0.39 is 0 Å².